The van der Waals surface area contributed by atoms with E-state index in [1.807, 2.05) is 6.07 Å². The van der Waals surface area contributed by atoms with Crippen LogP contribution in [0.25, 0.3) is 0 Å². The van der Waals surface area contributed by atoms with Gasteiger partial charge in [0.15, 0.2) is 0 Å². The first-order valence-electron chi connectivity index (χ1n) is 6.75. The first-order valence-corrected chi connectivity index (χ1v) is 6.75. The number of halogens is 1. The molecule has 1 aliphatic heterocycles. The second-order valence-electron chi connectivity index (χ2n) is 4.83. The van der Waals surface area contributed by atoms with Crippen molar-refractivity contribution in [3.05, 3.63) is 47.0 Å². The fourth-order valence-corrected chi connectivity index (χ4v) is 2.53. The highest BCUT2D eigenvalue weighted by Gasteiger charge is 2.43. The van der Waals surface area contributed by atoms with E-state index in [9.17, 15) is 14.4 Å². The molecule has 7 heteroatoms. The standard InChI is InChI=1S/C16H15FN2O4/c1-21-8-12-14(16(20)22-2)13(10(7-18)15(19)23-12)9-5-3-4-6-11(9)17/h3-6,10,13,19H,8H2,1-2H3. The van der Waals surface area contributed by atoms with E-state index in [0.717, 1.165) is 0 Å². The second kappa shape index (κ2) is 7.03. The van der Waals surface area contributed by atoms with E-state index < -0.39 is 23.6 Å². The van der Waals surface area contributed by atoms with Gasteiger partial charge in [0, 0.05) is 13.0 Å². The molecule has 0 radical (unpaired) electrons. The molecule has 1 N–H and O–H groups in total. The van der Waals surface area contributed by atoms with Gasteiger partial charge in [-0.05, 0) is 11.6 Å². The van der Waals surface area contributed by atoms with Gasteiger partial charge in [-0.2, -0.15) is 5.26 Å². The van der Waals surface area contributed by atoms with Gasteiger partial charge < -0.3 is 14.2 Å². The maximum absolute atomic E-state index is 14.2. The summed E-state index contributed by atoms with van der Waals surface area (Å²) >= 11 is 0. The minimum absolute atomic E-state index is 0.0120. The summed E-state index contributed by atoms with van der Waals surface area (Å²) in [4.78, 5) is 12.2. The van der Waals surface area contributed by atoms with Crippen LogP contribution in [0.1, 0.15) is 11.5 Å². The molecule has 2 atom stereocenters. The number of hydrogen-bond acceptors (Lipinski definition) is 6. The van der Waals surface area contributed by atoms with E-state index in [0.29, 0.717) is 0 Å². The molecule has 2 unspecified atom stereocenters. The number of benzene rings is 1. The van der Waals surface area contributed by atoms with Crippen LogP contribution in [0.4, 0.5) is 4.39 Å². The van der Waals surface area contributed by atoms with E-state index in [1.54, 1.807) is 6.07 Å². The summed E-state index contributed by atoms with van der Waals surface area (Å²) in [6.07, 6.45) is 0. The molecule has 1 aliphatic rings. The lowest BCUT2D eigenvalue weighted by molar-refractivity contribution is -0.137. The number of rotatable bonds is 4. The lowest BCUT2D eigenvalue weighted by Gasteiger charge is -2.31. The van der Waals surface area contributed by atoms with E-state index in [-0.39, 0.29) is 29.4 Å². The third-order valence-electron chi connectivity index (χ3n) is 3.52. The van der Waals surface area contributed by atoms with Gasteiger partial charge in [0.05, 0.1) is 18.8 Å². The molecule has 1 aromatic rings. The topological polar surface area (TPSA) is 92.4 Å². The molecule has 1 heterocycles. The van der Waals surface area contributed by atoms with Gasteiger partial charge in [0.25, 0.3) is 0 Å². The molecule has 6 nitrogen and oxygen atoms in total. The van der Waals surface area contributed by atoms with Crippen LogP contribution in [0.15, 0.2) is 35.6 Å². The van der Waals surface area contributed by atoms with Gasteiger partial charge in [0.1, 0.15) is 24.1 Å². The normalized spacial score (nSPS) is 20.7. The molecule has 0 saturated carbocycles. The average molecular weight is 318 g/mol. The predicted octanol–water partition coefficient (Wildman–Crippen LogP) is 2.13. The number of ether oxygens (including phenoxy) is 3. The molecule has 0 bridgehead atoms. The van der Waals surface area contributed by atoms with Crippen molar-refractivity contribution in [2.75, 3.05) is 20.8 Å². The maximum atomic E-state index is 14.2. The molecule has 1 aromatic carbocycles. The molecule has 0 saturated heterocycles. The van der Waals surface area contributed by atoms with Crippen LogP contribution >= 0.6 is 0 Å². The van der Waals surface area contributed by atoms with Crippen molar-refractivity contribution in [3.63, 3.8) is 0 Å². The van der Waals surface area contributed by atoms with Crippen LogP contribution in [0.2, 0.25) is 0 Å². The Morgan fingerprint density at radius 1 is 1.43 bits per heavy atom. The van der Waals surface area contributed by atoms with Crippen molar-refractivity contribution in [2.45, 2.75) is 5.92 Å². The second-order valence-corrected chi connectivity index (χ2v) is 4.83. The van der Waals surface area contributed by atoms with Crippen molar-refractivity contribution in [1.82, 2.24) is 0 Å². The largest absolute Gasteiger partial charge is 0.466 e. The number of nitriles is 1. The summed E-state index contributed by atoms with van der Waals surface area (Å²) in [5.74, 6) is -3.78. The molecule has 120 valence electrons. The average Bonchev–Trinajstić information content (AvgIpc) is 2.54. The summed E-state index contributed by atoms with van der Waals surface area (Å²) < 4.78 is 29.2. The van der Waals surface area contributed by atoms with Crippen LogP contribution in [0.3, 0.4) is 0 Å². The zero-order valence-corrected chi connectivity index (χ0v) is 12.6. The van der Waals surface area contributed by atoms with Gasteiger partial charge in [-0.25, -0.2) is 9.18 Å². The van der Waals surface area contributed by atoms with E-state index >= 15 is 0 Å². The Kier molecular flexibility index (Phi) is 5.09. The van der Waals surface area contributed by atoms with Crippen LogP contribution in [-0.2, 0) is 19.0 Å². The first-order chi connectivity index (χ1) is 11.0. The van der Waals surface area contributed by atoms with Crippen LogP contribution in [0.5, 0.6) is 0 Å². The van der Waals surface area contributed by atoms with Crippen molar-refractivity contribution < 1.29 is 23.4 Å². The van der Waals surface area contributed by atoms with Crippen molar-refractivity contribution in [1.29, 1.82) is 10.7 Å². The molecule has 0 aliphatic carbocycles. The molecule has 0 aromatic heterocycles. The van der Waals surface area contributed by atoms with Crippen molar-refractivity contribution in [2.24, 2.45) is 5.92 Å². The summed E-state index contributed by atoms with van der Waals surface area (Å²) in [6, 6.07) is 7.70. The Bertz CT molecular complexity index is 708. The lowest BCUT2D eigenvalue weighted by Crippen LogP contribution is -2.34. The van der Waals surface area contributed by atoms with E-state index in [1.165, 1.54) is 32.4 Å². The number of nitrogens with zero attached hydrogens (tertiary/aromatic N) is 1. The van der Waals surface area contributed by atoms with Crippen molar-refractivity contribution >= 4 is 11.9 Å². The highest BCUT2D eigenvalue weighted by Crippen LogP contribution is 2.40. The Balaban J connectivity index is 2.70. The third kappa shape index (κ3) is 3.07. The molecular weight excluding hydrogens is 303 g/mol. The van der Waals surface area contributed by atoms with Crippen LogP contribution in [0, 0.1) is 28.5 Å². The number of methoxy groups -OCH3 is 2. The summed E-state index contributed by atoms with van der Waals surface area (Å²) in [6.45, 7) is -0.101. The highest BCUT2D eigenvalue weighted by atomic mass is 19.1. The summed E-state index contributed by atoms with van der Waals surface area (Å²) in [5.41, 5.74) is 0.114. The predicted molar refractivity (Wildman–Crippen MR) is 78.0 cm³/mol. The summed E-state index contributed by atoms with van der Waals surface area (Å²) in [7, 11) is 2.57. The smallest absolute Gasteiger partial charge is 0.337 e. The number of esters is 1. The minimum Gasteiger partial charge on any atom is -0.466 e. The third-order valence-corrected chi connectivity index (χ3v) is 3.52. The summed E-state index contributed by atoms with van der Waals surface area (Å²) in [5, 5.41) is 17.3. The molecule has 0 spiro atoms. The van der Waals surface area contributed by atoms with Gasteiger partial charge in [-0.3, -0.25) is 5.41 Å². The molecule has 23 heavy (non-hydrogen) atoms. The number of carbonyl (C=O) groups excluding carboxylic acids is 1. The van der Waals surface area contributed by atoms with E-state index in [2.05, 4.69) is 0 Å². The van der Waals surface area contributed by atoms with Gasteiger partial charge >= 0.3 is 5.97 Å². The Morgan fingerprint density at radius 3 is 2.70 bits per heavy atom. The fourth-order valence-electron chi connectivity index (χ4n) is 2.53. The maximum Gasteiger partial charge on any atom is 0.337 e. The van der Waals surface area contributed by atoms with E-state index in [4.69, 9.17) is 19.6 Å². The molecular formula is C16H15FN2O4. The highest BCUT2D eigenvalue weighted by molar-refractivity contribution is 5.96. The quantitative estimate of drug-likeness (QED) is 0.859. The van der Waals surface area contributed by atoms with Crippen molar-refractivity contribution in [3.8, 4) is 6.07 Å². The molecule has 0 amide bonds. The number of hydrogen-bond donors (Lipinski definition) is 1. The molecule has 2 rings (SSSR count). The zero-order chi connectivity index (χ0) is 17.0. The molecule has 0 fully saturated rings. The SMILES string of the molecule is COCC1=C(C(=O)OC)C(c2ccccc2F)C(C#N)C(=N)O1. The Hall–Kier alpha value is -2.72. The Morgan fingerprint density at radius 2 is 2.13 bits per heavy atom. The minimum atomic E-state index is -1.14. The number of nitrogens with one attached hydrogen (secondary N) is 1. The zero-order valence-electron chi connectivity index (χ0n) is 12.6. The van der Waals surface area contributed by atoms with Crippen LogP contribution in [-0.4, -0.2) is 32.7 Å². The Labute approximate surface area is 132 Å². The monoisotopic (exact) mass is 318 g/mol. The van der Waals surface area contributed by atoms with Gasteiger partial charge in [-0.1, -0.05) is 18.2 Å². The van der Waals surface area contributed by atoms with Gasteiger partial charge in [0.2, 0.25) is 5.90 Å². The number of carbonyl (C=O) groups is 1. The first kappa shape index (κ1) is 16.6. The van der Waals surface area contributed by atoms with Gasteiger partial charge in [-0.15, -0.1) is 0 Å². The fraction of sp³-hybridized carbons (Fsp3) is 0.312. The van der Waals surface area contributed by atoms with Crippen LogP contribution < -0.4 is 0 Å². The lowest BCUT2D eigenvalue weighted by atomic mass is 9.78.